The summed E-state index contributed by atoms with van der Waals surface area (Å²) >= 11 is 1.71. The molecule has 0 radical (unpaired) electrons. The Hall–Kier alpha value is -1.96. The van der Waals surface area contributed by atoms with E-state index in [9.17, 15) is 5.11 Å². The Morgan fingerprint density at radius 2 is 2.14 bits per heavy atom. The van der Waals surface area contributed by atoms with Crippen LogP contribution in [0, 0.1) is 5.41 Å². The number of aliphatic hydroxyl groups is 1. The number of hydrogen-bond acceptors (Lipinski definition) is 5. The second-order valence-electron chi connectivity index (χ2n) is 7.27. The van der Waals surface area contributed by atoms with Crippen LogP contribution in [0.25, 0.3) is 0 Å². The zero-order chi connectivity index (χ0) is 19.7. The summed E-state index contributed by atoms with van der Waals surface area (Å²) in [6.45, 7) is 3.02. The van der Waals surface area contributed by atoms with E-state index in [1.54, 1.807) is 18.4 Å². The number of aromatic nitrogens is 1. The van der Waals surface area contributed by atoms with Crippen LogP contribution in [-0.2, 0) is 24.1 Å². The molecule has 1 atom stereocenters. The number of nitrogens with zero attached hydrogens (tertiary/aromatic N) is 2. The van der Waals surface area contributed by atoms with Gasteiger partial charge in [-0.25, -0.2) is 4.98 Å². The first-order valence-electron chi connectivity index (χ1n) is 9.83. The number of thiazole rings is 1. The van der Waals surface area contributed by atoms with E-state index in [-0.39, 0.29) is 12.0 Å². The summed E-state index contributed by atoms with van der Waals surface area (Å²) in [7, 11) is 1.77. The largest absolute Gasteiger partial charge is 0.396 e. The standard InChI is InChI=1S/C21H30N4O2S/c1-22-20(24-15-21(9-11-26)10-12-27-16-21)23-13-18-14-28-19(25-18)8-7-17-5-3-2-4-6-17/h2-6,14,26H,7-13,15-16H2,1H3,(H2,22,23,24). The van der Waals surface area contributed by atoms with Crippen LogP contribution < -0.4 is 10.6 Å². The first-order valence-corrected chi connectivity index (χ1v) is 10.7. The normalized spacial score (nSPS) is 19.7. The van der Waals surface area contributed by atoms with Crippen molar-refractivity contribution in [2.45, 2.75) is 32.2 Å². The van der Waals surface area contributed by atoms with Crippen LogP contribution >= 0.6 is 11.3 Å². The Bertz CT molecular complexity index is 742. The molecule has 1 unspecified atom stereocenters. The fourth-order valence-corrected chi connectivity index (χ4v) is 4.22. The average Bonchev–Trinajstić information content (AvgIpc) is 3.38. The fourth-order valence-electron chi connectivity index (χ4n) is 3.42. The molecule has 2 aromatic rings. The fraction of sp³-hybridized carbons (Fsp3) is 0.524. The lowest BCUT2D eigenvalue weighted by Crippen LogP contribution is -2.44. The van der Waals surface area contributed by atoms with E-state index in [2.05, 4.69) is 45.3 Å². The van der Waals surface area contributed by atoms with E-state index < -0.39 is 0 Å². The summed E-state index contributed by atoms with van der Waals surface area (Å²) in [6, 6.07) is 10.5. The molecule has 1 fully saturated rings. The van der Waals surface area contributed by atoms with E-state index in [0.29, 0.717) is 13.2 Å². The molecule has 1 saturated heterocycles. The van der Waals surface area contributed by atoms with Crippen molar-refractivity contribution < 1.29 is 9.84 Å². The minimum absolute atomic E-state index is 0.00237. The van der Waals surface area contributed by atoms with Crippen LogP contribution in [0.4, 0.5) is 0 Å². The van der Waals surface area contributed by atoms with E-state index in [0.717, 1.165) is 55.5 Å². The van der Waals surface area contributed by atoms with E-state index in [1.165, 1.54) is 5.56 Å². The number of aliphatic hydroxyl groups excluding tert-OH is 1. The average molecular weight is 403 g/mol. The third kappa shape index (κ3) is 6.02. The van der Waals surface area contributed by atoms with Crippen molar-refractivity contribution in [2.75, 3.05) is 33.4 Å². The molecule has 1 aromatic heterocycles. The molecule has 3 N–H and O–H groups in total. The summed E-state index contributed by atoms with van der Waals surface area (Å²) in [5.74, 6) is 0.753. The third-order valence-corrected chi connectivity index (χ3v) is 6.15. The van der Waals surface area contributed by atoms with E-state index in [1.807, 2.05) is 6.07 Å². The number of aliphatic imine (C=N–C) groups is 1. The molecule has 3 rings (SSSR count). The lowest BCUT2D eigenvalue weighted by Gasteiger charge is -2.27. The number of hydrogen-bond donors (Lipinski definition) is 3. The monoisotopic (exact) mass is 402 g/mol. The lowest BCUT2D eigenvalue weighted by atomic mass is 9.84. The molecular weight excluding hydrogens is 372 g/mol. The van der Waals surface area contributed by atoms with Crippen molar-refractivity contribution in [2.24, 2.45) is 10.4 Å². The van der Waals surface area contributed by atoms with E-state index in [4.69, 9.17) is 9.72 Å². The predicted molar refractivity (Wildman–Crippen MR) is 114 cm³/mol. The molecular formula is C21H30N4O2S. The van der Waals surface area contributed by atoms with Crippen LogP contribution in [-0.4, -0.2) is 49.5 Å². The molecule has 0 spiro atoms. The Morgan fingerprint density at radius 3 is 2.86 bits per heavy atom. The highest BCUT2D eigenvalue weighted by Crippen LogP contribution is 2.31. The summed E-state index contributed by atoms with van der Waals surface area (Å²) in [5, 5.41) is 19.3. The highest BCUT2D eigenvalue weighted by Gasteiger charge is 2.34. The molecule has 1 aliphatic heterocycles. The van der Waals surface area contributed by atoms with Gasteiger partial charge in [0, 0.05) is 44.0 Å². The van der Waals surface area contributed by atoms with Crippen LogP contribution in [0.15, 0.2) is 40.7 Å². The summed E-state index contributed by atoms with van der Waals surface area (Å²) in [6.07, 6.45) is 3.69. The summed E-state index contributed by atoms with van der Waals surface area (Å²) in [4.78, 5) is 9.04. The van der Waals surface area contributed by atoms with Gasteiger partial charge < -0.3 is 20.5 Å². The number of benzene rings is 1. The van der Waals surface area contributed by atoms with Crippen molar-refractivity contribution >= 4 is 17.3 Å². The van der Waals surface area contributed by atoms with Crippen LogP contribution in [0.5, 0.6) is 0 Å². The van der Waals surface area contributed by atoms with Gasteiger partial charge in [0.15, 0.2) is 5.96 Å². The van der Waals surface area contributed by atoms with Gasteiger partial charge in [0.25, 0.3) is 0 Å². The summed E-state index contributed by atoms with van der Waals surface area (Å²) in [5.41, 5.74) is 2.37. The number of aryl methyl sites for hydroxylation is 2. The SMILES string of the molecule is CN=C(NCc1csc(CCc2ccccc2)n1)NCC1(CCO)CCOC1. The van der Waals surface area contributed by atoms with Gasteiger partial charge in [0.05, 0.1) is 23.9 Å². The van der Waals surface area contributed by atoms with Crippen LogP contribution in [0.2, 0.25) is 0 Å². The highest BCUT2D eigenvalue weighted by atomic mass is 32.1. The molecule has 2 heterocycles. The first-order chi connectivity index (χ1) is 13.7. The van der Waals surface area contributed by atoms with Gasteiger partial charge >= 0.3 is 0 Å². The Labute approximate surface area is 171 Å². The number of ether oxygens (including phenoxy) is 1. The van der Waals surface area contributed by atoms with Crippen molar-refractivity contribution in [1.29, 1.82) is 0 Å². The van der Waals surface area contributed by atoms with Gasteiger partial charge in [-0.3, -0.25) is 4.99 Å². The molecule has 0 amide bonds. The van der Waals surface area contributed by atoms with Crippen molar-refractivity contribution in [1.82, 2.24) is 15.6 Å². The van der Waals surface area contributed by atoms with Crippen LogP contribution in [0.1, 0.15) is 29.1 Å². The van der Waals surface area contributed by atoms with Gasteiger partial charge in [0.2, 0.25) is 0 Å². The second kappa shape index (κ2) is 10.5. The minimum atomic E-state index is -0.00237. The lowest BCUT2D eigenvalue weighted by molar-refractivity contribution is 0.127. The van der Waals surface area contributed by atoms with Gasteiger partial charge in [-0.15, -0.1) is 11.3 Å². The number of guanidine groups is 1. The Kier molecular flexibility index (Phi) is 7.82. The van der Waals surface area contributed by atoms with Crippen molar-refractivity contribution in [3.8, 4) is 0 Å². The van der Waals surface area contributed by atoms with Gasteiger partial charge in [-0.2, -0.15) is 0 Å². The van der Waals surface area contributed by atoms with Gasteiger partial charge in [0.1, 0.15) is 0 Å². The van der Waals surface area contributed by atoms with Gasteiger partial charge in [-0.1, -0.05) is 30.3 Å². The van der Waals surface area contributed by atoms with Crippen molar-refractivity contribution in [3.63, 3.8) is 0 Å². The summed E-state index contributed by atoms with van der Waals surface area (Å²) < 4.78 is 5.55. The number of nitrogens with one attached hydrogen (secondary N) is 2. The third-order valence-electron chi connectivity index (χ3n) is 5.19. The Balaban J connectivity index is 1.44. The molecule has 0 aliphatic carbocycles. The molecule has 0 bridgehead atoms. The van der Waals surface area contributed by atoms with Crippen LogP contribution in [0.3, 0.4) is 0 Å². The topological polar surface area (TPSA) is 78.8 Å². The first kappa shape index (κ1) is 20.8. The molecule has 1 aliphatic rings. The van der Waals surface area contributed by atoms with E-state index >= 15 is 0 Å². The van der Waals surface area contributed by atoms with Gasteiger partial charge in [-0.05, 0) is 24.8 Å². The quantitative estimate of drug-likeness (QED) is 0.443. The maximum atomic E-state index is 9.35. The zero-order valence-corrected chi connectivity index (χ0v) is 17.3. The molecule has 28 heavy (non-hydrogen) atoms. The smallest absolute Gasteiger partial charge is 0.191 e. The van der Waals surface area contributed by atoms with Crippen molar-refractivity contribution in [3.05, 3.63) is 52.0 Å². The maximum Gasteiger partial charge on any atom is 0.191 e. The zero-order valence-electron chi connectivity index (χ0n) is 16.5. The highest BCUT2D eigenvalue weighted by molar-refractivity contribution is 7.09. The molecule has 152 valence electrons. The minimum Gasteiger partial charge on any atom is -0.396 e. The molecule has 7 heteroatoms. The maximum absolute atomic E-state index is 9.35. The Morgan fingerprint density at radius 1 is 1.29 bits per heavy atom. The predicted octanol–water partition coefficient (Wildman–Crippen LogP) is 2.38. The molecule has 1 aromatic carbocycles. The molecule has 0 saturated carbocycles. The number of rotatable bonds is 9. The molecule has 6 nitrogen and oxygen atoms in total. The second-order valence-corrected chi connectivity index (χ2v) is 8.22.